The number of nitrogens with one attached hydrogen (secondary N) is 1. The molecule has 0 aliphatic heterocycles. The van der Waals surface area contributed by atoms with Crippen molar-refractivity contribution >= 4 is 27.6 Å². The molecule has 96 valence electrons. The fourth-order valence-corrected chi connectivity index (χ4v) is 2.56. The normalized spacial score (nSPS) is 11.8. The molecule has 0 saturated carbocycles. The lowest BCUT2D eigenvalue weighted by Crippen LogP contribution is -2.29. The van der Waals surface area contributed by atoms with Gasteiger partial charge < -0.3 is 9.15 Å². The van der Waals surface area contributed by atoms with Crippen molar-refractivity contribution in [3.63, 3.8) is 0 Å². The van der Waals surface area contributed by atoms with Gasteiger partial charge in [-0.25, -0.2) is 17.9 Å². The van der Waals surface area contributed by atoms with Crippen molar-refractivity contribution in [2.45, 2.75) is 25.0 Å². The predicted molar refractivity (Wildman–Crippen MR) is 60.5 cm³/mol. The SMILES string of the molecule is COC(=O)c1cc(S(=O)(=O)NC(C)C)oc1Cl. The molecule has 0 saturated heterocycles. The molecule has 0 radical (unpaired) electrons. The quantitative estimate of drug-likeness (QED) is 0.843. The zero-order chi connectivity index (χ0) is 13.2. The first kappa shape index (κ1) is 14.0. The number of furan rings is 1. The smallest absolute Gasteiger partial charge is 0.342 e. The molecule has 0 spiro atoms. The third kappa shape index (κ3) is 3.21. The zero-order valence-corrected chi connectivity index (χ0v) is 11.1. The average molecular weight is 282 g/mol. The number of halogens is 1. The van der Waals surface area contributed by atoms with Crippen molar-refractivity contribution in [2.75, 3.05) is 7.11 Å². The van der Waals surface area contributed by atoms with Gasteiger partial charge in [0.15, 0.2) is 0 Å². The number of hydrogen-bond acceptors (Lipinski definition) is 5. The van der Waals surface area contributed by atoms with Crippen LogP contribution in [0.15, 0.2) is 15.6 Å². The van der Waals surface area contributed by atoms with Crippen molar-refractivity contribution in [3.8, 4) is 0 Å². The molecule has 1 aromatic heterocycles. The third-order valence-corrected chi connectivity index (χ3v) is 3.52. The Balaban J connectivity index is 3.14. The largest absolute Gasteiger partial charge is 0.465 e. The number of rotatable bonds is 4. The summed E-state index contributed by atoms with van der Waals surface area (Å²) in [5.74, 6) is -0.759. The summed E-state index contributed by atoms with van der Waals surface area (Å²) in [6, 6.07) is 0.726. The van der Waals surface area contributed by atoms with E-state index in [0.29, 0.717) is 0 Å². The monoisotopic (exact) mass is 281 g/mol. The van der Waals surface area contributed by atoms with E-state index in [-0.39, 0.29) is 16.8 Å². The van der Waals surface area contributed by atoms with Crippen LogP contribution in [0.3, 0.4) is 0 Å². The van der Waals surface area contributed by atoms with Gasteiger partial charge in [-0.3, -0.25) is 0 Å². The first-order chi connectivity index (χ1) is 7.77. The number of sulfonamides is 1. The number of carbonyl (C=O) groups excluding carboxylic acids is 1. The minimum Gasteiger partial charge on any atom is -0.465 e. The highest BCUT2D eigenvalue weighted by atomic mass is 35.5. The molecule has 17 heavy (non-hydrogen) atoms. The molecule has 1 N–H and O–H groups in total. The number of hydrogen-bond donors (Lipinski definition) is 1. The number of esters is 1. The summed E-state index contributed by atoms with van der Waals surface area (Å²) in [6.07, 6.45) is 0. The molecule has 0 fully saturated rings. The van der Waals surface area contributed by atoms with Crippen LogP contribution in [-0.4, -0.2) is 27.5 Å². The summed E-state index contributed by atoms with van der Waals surface area (Å²) in [5.41, 5.74) is -0.127. The Kier molecular flexibility index (Phi) is 4.18. The van der Waals surface area contributed by atoms with E-state index in [1.165, 1.54) is 0 Å². The Morgan fingerprint density at radius 3 is 2.59 bits per heavy atom. The van der Waals surface area contributed by atoms with Gasteiger partial charge in [0.1, 0.15) is 5.56 Å². The Morgan fingerprint density at radius 2 is 2.12 bits per heavy atom. The highest BCUT2D eigenvalue weighted by Crippen LogP contribution is 2.24. The molecule has 0 amide bonds. The Labute approximate surface area is 104 Å². The van der Waals surface area contributed by atoms with Gasteiger partial charge in [0, 0.05) is 12.1 Å². The second-order valence-corrected chi connectivity index (χ2v) is 5.51. The molecule has 1 rings (SSSR count). The van der Waals surface area contributed by atoms with Gasteiger partial charge in [0.2, 0.25) is 10.3 Å². The second-order valence-electron chi connectivity index (χ2n) is 3.52. The van der Waals surface area contributed by atoms with E-state index in [9.17, 15) is 13.2 Å². The first-order valence-electron chi connectivity index (χ1n) is 4.68. The van der Waals surface area contributed by atoms with Crippen LogP contribution in [0, 0.1) is 0 Å². The van der Waals surface area contributed by atoms with E-state index in [2.05, 4.69) is 9.46 Å². The highest BCUT2D eigenvalue weighted by molar-refractivity contribution is 7.89. The van der Waals surface area contributed by atoms with Gasteiger partial charge >= 0.3 is 5.97 Å². The van der Waals surface area contributed by atoms with Crippen LogP contribution in [0.1, 0.15) is 24.2 Å². The molecular formula is C9H12ClNO5S. The molecule has 0 atom stereocenters. The van der Waals surface area contributed by atoms with E-state index >= 15 is 0 Å². The highest BCUT2D eigenvalue weighted by Gasteiger charge is 2.25. The number of carbonyl (C=O) groups is 1. The van der Waals surface area contributed by atoms with Gasteiger partial charge in [-0.2, -0.15) is 0 Å². The van der Waals surface area contributed by atoms with Crippen molar-refractivity contribution in [1.29, 1.82) is 0 Å². The molecule has 1 aromatic rings. The van der Waals surface area contributed by atoms with E-state index in [4.69, 9.17) is 16.0 Å². The van der Waals surface area contributed by atoms with Gasteiger partial charge in [-0.1, -0.05) is 0 Å². The van der Waals surface area contributed by atoms with Crippen LogP contribution in [0.2, 0.25) is 5.22 Å². The fraction of sp³-hybridized carbons (Fsp3) is 0.444. The molecule has 0 unspecified atom stereocenters. The number of methoxy groups -OCH3 is 1. The molecule has 0 aliphatic rings. The van der Waals surface area contributed by atoms with Crippen LogP contribution in [0.4, 0.5) is 0 Å². The van der Waals surface area contributed by atoms with E-state index < -0.39 is 21.1 Å². The van der Waals surface area contributed by atoms with Gasteiger partial charge in [-0.15, -0.1) is 0 Å². The summed E-state index contributed by atoms with van der Waals surface area (Å²) in [5, 5.41) is -0.738. The van der Waals surface area contributed by atoms with Crippen LogP contribution in [-0.2, 0) is 14.8 Å². The molecule has 8 heteroatoms. The summed E-state index contributed by atoms with van der Waals surface area (Å²) in [7, 11) is -2.65. The lowest BCUT2D eigenvalue weighted by atomic mass is 10.3. The Bertz CT molecular complexity index is 519. The van der Waals surface area contributed by atoms with Crippen LogP contribution in [0.25, 0.3) is 0 Å². The lowest BCUT2D eigenvalue weighted by molar-refractivity contribution is 0.0600. The average Bonchev–Trinajstić information content (AvgIpc) is 2.58. The molecule has 6 nitrogen and oxygen atoms in total. The maximum Gasteiger partial charge on any atom is 0.342 e. The maximum absolute atomic E-state index is 11.7. The maximum atomic E-state index is 11.7. The van der Waals surface area contributed by atoms with E-state index in [1.54, 1.807) is 13.8 Å². The van der Waals surface area contributed by atoms with E-state index in [0.717, 1.165) is 13.2 Å². The van der Waals surface area contributed by atoms with Gasteiger partial charge in [-0.05, 0) is 25.4 Å². The summed E-state index contributed by atoms with van der Waals surface area (Å²) in [6.45, 7) is 3.31. The molecular weight excluding hydrogens is 270 g/mol. The van der Waals surface area contributed by atoms with Gasteiger partial charge in [0.05, 0.1) is 7.11 Å². The van der Waals surface area contributed by atoms with Gasteiger partial charge in [0.25, 0.3) is 10.0 Å². The standard InChI is InChI=1S/C9H12ClNO5S/c1-5(2)11-17(13,14)7-4-6(8(10)16-7)9(12)15-3/h4-5,11H,1-3H3. The first-order valence-corrected chi connectivity index (χ1v) is 6.54. The van der Waals surface area contributed by atoms with Crippen molar-refractivity contribution in [3.05, 3.63) is 16.8 Å². The summed E-state index contributed by atoms with van der Waals surface area (Å²) >= 11 is 5.60. The minimum atomic E-state index is -3.81. The Morgan fingerprint density at radius 1 is 1.53 bits per heavy atom. The molecule has 0 bridgehead atoms. The number of ether oxygens (including phenoxy) is 1. The zero-order valence-electron chi connectivity index (χ0n) is 9.48. The minimum absolute atomic E-state index is 0.127. The van der Waals surface area contributed by atoms with Crippen LogP contribution >= 0.6 is 11.6 Å². The topological polar surface area (TPSA) is 85.6 Å². The van der Waals surface area contributed by atoms with Crippen molar-refractivity contribution in [1.82, 2.24) is 4.72 Å². The third-order valence-electron chi connectivity index (χ3n) is 1.73. The lowest BCUT2D eigenvalue weighted by Gasteiger charge is -2.05. The van der Waals surface area contributed by atoms with Crippen LogP contribution < -0.4 is 4.72 Å². The van der Waals surface area contributed by atoms with Crippen molar-refractivity contribution < 1.29 is 22.4 Å². The summed E-state index contributed by atoms with van der Waals surface area (Å²) in [4.78, 5) is 11.2. The molecule has 0 aliphatic carbocycles. The molecule has 0 aromatic carbocycles. The van der Waals surface area contributed by atoms with Crippen molar-refractivity contribution in [2.24, 2.45) is 0 Å². The molecule has 1 heterocycles. The second kappa shape index (κ2) is 5.07. The predicted octanol–water partition coefficient (Wildman–Crippen LogP) is 1.41. The fourth-order valence-electron chi connectivity index (χ4n) is 1.10. The van der Waals surface area contributed by atoms with Crippen LogP contribution in [0.5, 0.6) is 0 Å². The summed E-state index contributed by atoms with van der Waals surface area (Å²) < 4.78 is 35.0. The van der Waals surface area contributed by atoms with E-state index in [1.807, 2.05) is 0 Å². The Hall–Kier alpha value is -1.05.